The average molecular weight is 364 g/mol. The van der Waals surface area contributed by atoms with Gasteiger partial charge >= 0.3 is 6.61 Å². The average Bonchev–Trinajstić information content (AvgIpc) is 3.16. The monoisotopic (exact) mass is 364 g/mol. The quantitative estimate of drug-likeness (QED) is 0.886. The topological polar surface area (TPSA) is 71.8 Å². The standard InChI is InChI=1S/C18H18F2N2O4/c19-18(20)26-15-3-1-12(2-4-15)16(23)21-14-5-8-22(9-6-14)17(24)13-7-10-25-11-13/h1-4,7,10-11,14,18H,5-6,8-9H2,(H,21,23). The summed E-state index contributed by atoms with van der Waals surface area (Å²) in [7, 11) is 0. The van der Waals surface area contributed by atoms with Gasteiger partial charge < -0.3 is 19.4 Å². The van der Waals surface area contributed by atoms with Crippen LogP contribution in [-0.2, 0) is 0 Å². The van der Waals surface area contributed by atoms with Gasteiger partial charge in [-0.2, -0.15) is 8.78 Å². The van der Waals surface area contributed by atoms with E-state index in [1.54, 1.807) is 11.0 Å². The number of carbonyl (C=O) groups is 2. The lowest BCUT2D eigenvalue weighted by Gasteiger charge is -2.32. The molecule has 1 aromatic carbocycles. The maximum atomic E-state index is 12.3. The Hall–Kier alpha value is -2.90. The lowest BCUT2D eigenvalue weighted by atomic mass is 10.0. The van der Waals surface area contributed by atoms with E-state index in [2.05, 4.69) is 10.1 Å². The maximum absolute atomic E-state index is 12.3. The van der Waals surface area contributed by atoms with Crippen molar-refractivity contribution in [3.63, 3.8) is 0 Å². The number of halogens is 2. The van der Waals surface area contributed by atoms with E-state index < -0.39 is 6.61 Å². The zero-order valence-electron chi connectivity index (χ0n) is 13.9. The Kier molecular flexibility index (Phi) is 5.50. The summed E-state index contributed by atoms with van der Waals surface area (Å²) in [6.07, 6.45) is 4.15. The number of hydrogen-bond donors (Lipinski definition) is 1. The number of ether oxygens (including phenoxy) is 1. The number of amides is 2. The number of piperidine rings is 1. The zero-order chi connectivity index (χ0) is 18.5. The SMILES string of the molecule is O=C(NC1CCN(C(=O)c2ccoc2)CC1)c1ccc(OC(F)F)cc1. The highest BCUT2D eigenvalue weighted by Gasteiger charge is 2.25. The summed E-state index contributed by atoms with van der Waals surface area (Å²) < 4.78 is 33.4. The molecule has 2 heterocycles. The first-order chi connectivity index (χ1) is 12.5. The first kappa shape index (κ1) is 17.9. The molecule has 0 spiro atoms. The number of likely N-dealkylation sites (tertiary alicyclic amines) is 1. The van der Waals surface area contributed by atoms with Crippen LogP contribution < -0.4 is 10.1 Å². The molecule has 1 saturated heterocycles. The molecule has 0 unspecified atom stereocenters. The van der Waals surface area contributed by atoms with Crippen LogP contribution in [0.4, 0.5) is 8.78 Å². The minimum absolute atomic E-state index is 0.00242. The van der Waals surface area contributed by atoms with Crippen LogP contribution in [0.3, 0.4) is 0 Å². The second kappa shape index (κ2) is 7.99. The Morgan fingerprint density at radius 2 is 1.81 bits per heavy atom. The van der Waals surface area contributed by atoms with E-state index in [4.69, 9.17) is 4.42 Å². The summed E-state index contributed by atoms with van der Waals surface area (Å²) in [5.74, 6) is -0.367. The highest BCUT2D eigenvalue weighted by molar-refractivity contribution is 5.95. The van der Waals surface area contributed by atoms with E-state index in [0.717, 1.165) is 0 Å². The highest BCUT2D eigenvalue weighted by atomic mass is 19.3. The van der Waals surface area contributed by atoms with Gasteiger partial charge in [0.15, 0.2) is 0 Å². The molecule has 1 fully saturated rings. The van der Waals surface area contributed by atoms with E-state index in [1.165, 1.54) is 36.8 Å². The van der Waals surface area contributed by atoms with Crippen molar-refractivity contribution in [2.24, 2.45) is 0 Å². The smallest absolute Gasteiger partial charge is 0.387 e. The molecule has 26 heavy (non-hydrogen) atoms. The van der Waals surface area contributed by atoms with Gasteiger partial charge in [0.2, 0.25) is 0 Å². The van der Waals surface area contributed by atoms with E-state index in [0.29, 0.717) is 37.1 Å². The minimum atomic E-state index is -2.90. The van der Waals surface area contributed by atoms with Crippen molar-refractivity contribution in [1.82, 2.24) is 10.2 Å². The molecule has 6 nitrogen and oxygen atoms in total. The maximum Gasteiger partial charge on any atom is 0.387 e. The van der Waals surface area contributed by atoms with Gasteiger partial charge in [-0.3, -0.25) is 9.59 Å². The molecule has 0 saturated carbocycles. The Bertz CT molecular complexity index is 739. The van der Waals surface area contributed by atoms with Crippen LogP contribution >= 0.6 is 0 Å². The van der Waals surface area contributed by atoms with Crippen molar-refractivity contribution >= 4 is 11.8 Å². The summed E-state index contributed by atoms with van der Waals surface area (Å²) in [4.78, 5) is 26.2. The van der Waals surface area contributed by atoms with Gasteiger partial charge in [0.25, 0.3) is 11.8 Å². The molecule has 1 aromatic heterocycles. The molecule has 1 aliphatic heterocycles. The molecule has 0 bridgehead atoms. The number of alkyl halides is 2. The van der Waals surface area contributed by atoms with Crippen molar-refractivity contribution in [2.75, 3.05) is 13.1 Å². The first-order valence-corrected chi connectivity index (χ1v) is 8.20. The second-order valence-corrected chi connectivity index (χ2v) is 5.95. The lowest BCUT2D eigenvalue weighted by molar-refractivity contribution is -0.0498. The number of nitrogens with zero attached hydrogens (tertiary/aromatic N) is 1. The van der Waals surface area contributed by atoms with Crippen molar-refractivity contribution in [1.29, 1.82) is 0 Å². The van der Waals surface area contributed by atoms with Crippen LogP contribution in [0, 0.1) is 0 Å². The summed E-state index contributed by atoms with van der Waals surface area (Å²) in [5, 5.41) is 2.91. The van der Waals surface area contributed by atoms with E-state index in [9.17, 15) is 18.4 Å². The molecular formula is C18H18F2N2O4. The first-order valence-electron chi connectivity index (χ1n) is 8.20. The zero-order valence-corrected chi connectivity index (χ0v) is 13.9. The number of rotatable bonds is 5. The van der Waals surface area contributed by atoms with Gasteiger partial charge in [-0.15, -0.1) is 0 Å². The van der Waals surface area contributed by atoms with Crippen molar-refractivity contribution < 1.29 is 27.5 Å². The minimum Gasteiger partial charge on any atom is -0.472 e. The Labute approximate surface area is 148 Å². The predicted molar refractivity (Wildman–Crippen MR) is 88.2 cm³/mol. The molecule has 1 N–H and O–H groups in total. The Balaban J connectivity index is 1.49. The molecule has 138 valence electrons. The van der Waals surface area contributed by atoms with Gasteiger partial charge in [-0.1, -0.05) is 0 Å². The normalized spacial score (nSPS) is 15.1. The van der Waals surface area contributed by atoms with Crippen LogP contribution in [0.1, 0.15) is 33.6 Å². The molecule has 0 aliphatic carbocycles. The highest BCUT2D eigenvalue weighted by Crippen LogP contribution is 2.17. The molecular weight excluding hydrogens is 346 g/mol. The Morgan fingerprint density at radius 3 is 2.38 bits per heavy atom. The van der Waals surface area contributed by atoms with Gasteiger partial charge in [-0.25, -0.2) is 0 Å². The van der Waals surface area contributed by atoms with Crippen LogP contribution in [0.25, 0.3) is 0 Å². The summed E-state index contributed by atoms with van der Waals surface area (Å²) in [6, 6.07) is 7.10. The number of hydrogen-bond acceptors (Lipinski definition) is 4. The fourth-order valence-electron chi connectivity index (χ4n) is 2.85. The van der Waals surface area contributed by atoms with Crippen LogP contribution in [0.2, 0.25) is 0 Å². The lowest BCUT2D eigenvalue weighted by Crippen LogP contribution is -2.46. The molecule has 0 atom stereocenters. The number of nitrogens with one attached hydrogen (secondary N) is 1. The van der Waals surface area contributed by atoms with Gasteiger partial charge in [0, 0.05) is 24.7 Å². The fraction of sp³-hybridized carbons (Fsp3) is 0.333. The van der Waals surface area contributed by atoms with E-state index >= 15 is 0 Å². The predicted octanol–water partition coefficient (Wildman–Crippen LogP) is 2.92. The molecule has 2 aromatic rings. The molecule has 1 aliphatic rings. The van der Waals surface area contributed by atoms with Crippen LogP contribution in [0.15, 0.2) is 47.3 Å². The third-order valence-corrected chi connectivity index (χ3v) is 4.23. The molecule has 0 radical (unpaired) electrons. The number of furan rings is 1. The summed E-state index contributed by atoms with van der Waals surface area (Å²) >= 11 is 0. The Morgan fingerprint density at radius 1 is 1.12 bits per heavy atom. The van der Waals surface area contributed by atoms with Crippen LogP contribution in [0.5, 0.6) is 5.75 Å². The molecule has 3 rings (SSSR count). The third kappa shape index (κ3) is 4.38. The second-order valence-electron chi connectivity index (χ2n) is 5.95. The van der Waals surface area contributed by atoms with Crippen LogP contribution in [-0.4, -0.2) is 42.5 Å². The van der Waals surface area contributed by atoms with E-state index in [1.807, 2.05) is 0 Å². The molecule has 8 heteroatoms. The van der Waals surface area contributed by atoms with Crippen molar-refractivity contribution in [3.8, 4) is 5.75 Å². The third-order valence-electron chi connectivity index (χ3n) is 4.23. The summed E-state index contributed by atoms with van der Waals surface area (Å²) in [5.41, 5.74) is 0.877. The largest absolute Gasteiger partial charge is 0.472 e. The van der Waals surface area contributed by atoms with Crippen molar-refractivity contribution in [2.45, 2.75) is 25.5 Å². The summed E-state index contributed by atoms with van der Waals surface area (Å²) in [6.45, 7) is -1.82. The van der Waals surface area contributed by atoms with Gasteiger partial charge in [0.1, 0.15) is 12.0 Å². The van der Waals surface area contributed by atoms with Crippen molar-refractivity contribution in [3.05, 3.63) is 54.0 Å². The number of benzene rings is 1. The van der Waals surface area contributed by atoms with Gasteiger partial charge in [-0.05, 0) is 43.2 Å². The fourth-order valence-corrected chi connectivity index (χ4v) is 2.85. The van der Waals surface area contributed by atoms with Gasteiger partial charge in [0.05, 0.1) is 11.8 Å². The molecule has 2 amide bonds. The number of carbonyl (C=O) groups excluding carboxylic acids is 2. The van der Waals surface area contributed by atoms with E-state index in [-0.39, 0.29) is 23.6 Å².